The van der Waals surface area contributed by atoms with Crippen LogP contribution in [0.15, 0.2) is 66.7 Å². The Balaban J connectivity index is 1.61. The Morgan fingerprint density at radius 2 is 1.29 bits per heavy atom. The van der Waals surface area contributed by atoms with E-state index < -0.39 is 23.9 Å². The molecule has 176 valence electrons. The van der Waals surface area contributed by atoms with Gasteiger partial charge in [-0.2, -0.15) is 0 Å². The maximum atomic E-state index is 12.4. The zero-order valence-electron chi connectivity index (χ0n) is 18.4. The van der Waals surface area contributed by atoms with Gasteiger partial charge in [-0.25, -0.2) is 9.59 Å². The summed E-state index contributed by atoms with van der Waals surface area (Å²) in [5.41, 5.74) is 3.21. The zero-order chi connectivity index (χ0) is 24.8. The Morgan fingerprint density at radius 1 is 0.765 bits per heavy atom. The lowest BCUT2D eigenvalue weighted by Crippen LogP contribution is -2.44. The number of carbonyl (C=O) groups is 3. The van der Waals surface area contributed by atoms with Gasteiger partial charge in [-0.3, -0.25) is 4.79 Å². The predicted octanol–water partition coefficient (Wildman–Crippen LogP) is 6.14. The van der Waals surface area contributed by atoms with Gasteiger partial charge in [0.25, 0.3) is 5.91 Å². The molecule has 3 aromatic rings. The fourth-order valence-corrected chi connectivity index (χ4v) is 3.46. The molecule has 3 amide bonds. The van der Waals surface area contributed by atoms with Crippen LogP contribution in [0.25, 0.3) is 11.1 Å². The van der Waals surface area contributed by atoms with E-state index in [4.69, 9.17) is 23.2 Å². The first kappa shape index (κ1) is 25.1. The second kappa shape index (κ2) is 11.0. The SMILES string of the molecule is CC(C)[C@@H](NC(=O)c1ccc(-c2ccc(NC(=O)Nc3ccc(Cl)c(Cl)c3)cc2)cc1)C(=O)O. The Hall–Kier alpha value is -3.55. The number of urea groups is 1. The molecular formula is C25H23Cl2N3O4. The minimum absolute atomic E-state index is 0.237. The molecule has 9 heteroatoms. The van der Waals surface area contributed by atoms with Crippen LogP contribution in [0, 0.1) is 5.92 Å². The van der Waals surface area contributed by atoms with Gasteiger partial charge in [0.05, 0.1) is 10.0 Å². The van der Waals surface area contributed by atoms with Crippen molar-refractivity contribution in [2.45, 2.75) is 19.9 Å². The van der Waals surface area contributed by atoms with Crippen molar-refractivity contribution >= 4 is 52.5 Å². The maximum Gasteiger partial charge on any atom is 0.326 e. The summed E-state index contributed by atoms with van der Waals surface area (Å²) >= 11 is 11.8. The summed E-state index contributed by atoms with van der Waals surface area (Å²) in [5, 5.41) is 17.9. The first-order valence-corrected chi connectivity index (χ1v) is 11.2. The Morgan fingerprint density at radius 3 is 1.82 bits per heavy atom. The Kier molecular flexibility index (Phi) is 8.15. The number of halogens is 2. The van der Waals surface area contributed by atoms with Crippen LogP contribution in [-0.4, -0.2) is 29.1 Å². The standard InChI is InChI=1S/C25H23Cl2N3O4/c1-14(2)22(24(32)33)30-23(31)17-5-3-15(4-6-17)16-7-9-18(10-8-16)28-25(34)29-19-11-12-20(26)21(27)13-19/h3-14,22H,1-2H3,(H,30,31)(H,32,33)(H2,28,29,34)/t22-/m1/s1. The molecule has 0 heterocycles. The number of hydrogen-bond donors (Lipinski definition) is 4. The van der Waals surface area contributed by atoms with E-state index in [9.17, 15) is 19.5 Å². The van der Waals surface area contributed by atoms with Gasteiger partial charge < -0.3 is 21.1 Å². The fraction of sp³-hybridized carbons (Fsp3) is 0.160. The molecule has 0 aromatic heterocycles. The highest BCUT2D eigenvalue weighted by atomic mass is 35.5. The van der Waals surface area contributed by atoms with Crippen LogP contribution in [-0.2, 0) is 4.79 Å². The number of hydrogen-bond acceptors (Lipinski definition) is 3. The van der Waals surface area contributed by atoms with Crippen LogP contribution in [0.2, 0.25) is 10.0 Å². The first-order valence-electron chi connectivity index (χ1n) is 10.4. The lowest BCUT2D eigenvalue weighted by molar-refractivity contribution is -0.140. The third kappa shape index (κ3) is 6.50. The van der Waals surface area contributed by atoms with E-state index in [1.54, 1.807) is 68.4 Å². The molecule has 0 saturated heterocycles. The Labute approximate surface area is 207 Å². The molecule has 1 atom stereocenters. The van der Waals surface area contributed by atoms with Gasteiger partial charge in [0, 0.05) is 16.9 Å². The molecule has 3 aromatic carbocycles. The van der Waals surface area contributed by atoms with E-state index in [1.165, 1.54) is 0 Å². The lowest BCUT2D eigenvalue weighted by Gasteiger charge is -2.18. The number of benzene rings is 3. The summed E-state index contributed by atoms with van der Waals surface area (Å²) in [5.74, 6) is -1.75. The van der Waals surface area contributed by atoms with Crippen molar-refractivity contribution in [2.24, 2.45) is 5.92 Å². The fourth-order valence-electron chi connectivity index (χ4n) is 3.17. The van der Waals surface area contributed by atoms with Crippen LogP contribution in [0.5, 0.6) is 0 Å². The first-order chi connectivity index (χ1) is 16.1. The largest absolute Gasteiger partial charge is 0.480 e. The van der Waals surface area contributed by atoms with Crippen molar-refractivity contribution in [1.29, 1.82) is 0 Å². The number of carbonyl (C=O) groups excluding carboxylic acids is 2. The van der Waals surface area contributed by atoms with Crippen LogP contribution < -0.4 is 16.0 Å². The molecule has 4 N–H and O–H groups in total. The highest BCUT2D eigenvalue weighted by molar-refractivity contribution is 6.42. The number of carboxylic acid groups (broad SMARTS) is 1. The normalized spacial score (nSPS) is 11.6. The van der Waals surface area contributed by atoms with E-state index in [0.717, 1.165) is 11.1 Å². The minimum atomic E-state index is -1.07. The van der Waals surface area contributed by atoms with Gasteiger partial charge in [0.2, 0.25) is 0 Å². The van der Waals surface area contributed by atoms with Crippen molar-refractivity contribution in [2.75, 3.05) is 10.6 Å². The summed E-state index contributed by atoms with van der Waals surface area (Å²) < 4.78 is 0. The van der Waals surface area contributed by atoms with E-state index in [1.807, 2.05) is 12.1 Å². The number of nitrogens with one attached hydrogen (secondary N) is 3. The topological polar surface area (TPSA) is 108 Å². The maximum absolute atomic E-state index is 12.4. The van der Waals surface area contributed by atoms with Gasteiger partial charge in [-0.05, 0) is 59.5 Å². The van der Waals surface area contributed by atoms with Gasteiger partial charge in [-0.1, -0.05) is 61.3 Å². The van der Waals surface area contributed by atoms with E-state index in [0.29, 0.717) is 27.0 Å². The van der Waals surface area contributed by atoms with E-state index in [-0.39, 0.29) is 5.92 Å². The third-order valence-corrected chi connectivity index (χ3v) is 5.76. The monoisotopic (exact) mass is 499 g/mol. The van der Waals surface area contributed by atoms with Crippen LogP contribution in [0.4, 0.5) is 16.2 Å². The molecule has 0 bridgehead atoms. The molecule has 0 fully saturated rings. The van der Waals surface area contributed by atoms with E-state index in [2.05, 4.69) is 16.0 Å². The number of amides is 3. The van der Waals surface area contributed by atoms with Gasteiger partial charge >= 0.3 is 12.0 Å². The zero-order valence-corrected chi connectivity index (χ0v) is 19.9. The van der Waals surface area contributed by atoms with E-state index >= 15 is 0 Å². The quantitative estimate of drug-likeness (QED) is 0.312. The summed E-state index contributed by atoms with van der Waals surface area (Å²) in [6.45, 7) is 3.47. The molecule has 0 aliphatic rings. The molecule has 0 unspecified atom stereocenters. The average molecular weight is 500 g/mol. The molecular weight excluding hydrogens is 477 g/mol. The molecule has 0 aliphatic heterocycles. The van der Waals surface area contributed by atoms with Crippen LogP contribution in [0.3, 0.4) is 0 Å². The van der Waals surface area contributed by atoms with Crippen LogP contribution in [0.1, 0.15) is 24.2 Å². The summed E-state index contributed by atoms with van der Waals surface area (Å²) in [7, 11) is 0. The van der Waals surface area contributed by atoms with Crippen molar-refractivity contribution in [1.82, 2.24) is 5.32 Å². The average Bonchev–Trinajstić information content (AvgIpc) is 2.80. The van der Waals surface area contributed by atoms with Crippen molar-refractivity contribution in [3.05, 3.63) is 82.3 Å². The molecule has 0 radical (unpaired) electrons. The number of carboxylic acids is 1. The highest BCUT2D eigenvalue weighted by Gasteiger charge is 2.23. The minimum Gasteiger partial charge on any atom is -0.480 e. The number of anilines is 2. The summed E-state index contributed by atoms with van der Waals surface area (Å²) in [4.78, 5) is 35.9. The van der Waals surface area contributed by atoms with Gasteiger partial charge in [-0.15, -0.1) is 0 Å². The van der Waals surface area contributed by atoms with Crippen molar-refractivity contribution in [3.63, 3.8) is 0 Å². The smallest absolute Gasteiger partial charge is 0.326 e. The summed E-state index contributed by atoms with van der Waals surface area (Å²) in [6.07, 6.45) is 0. The van der Waals surface area contributed by atoms with Crippen molar-refractivity contribution < 1.29 is 19.5 Å². The van der Waals surface area contributed by atoms with Gasteiger partial charge in [0.15, 0.2) is 0 Å². The molecule has 0 saturated carbocycles. The molecule has 3 rings (SSSR count). The van der Waals surface area contributed by atoms with Crippen molar-refractivity contribution in [3.8, 4) is 11.1 Å². The third-order valence-electron chi connectivity index (χ3n) is 5.02. The second-order valence-corrected chi connectivity index (χ2v) is 8.71. The molecule has 34 heavy (non-hydrogen) atoms. The molecule has 0 spiro atoms. The molecule has 0 aliphatic carbocycles. The summed E-state index contributed by atoms with van der Waals surface area (Å²) in [6, 6.07) is 17.4. The number of aliphatic carboxylic acids is 1. The predicted molar refractivity (Wildman–Crippen MR) is 135 cm³/mol. The Bertz CT molecular complexity index is 1200. The highest BCUT2D eigenvalue weighted by Crippen LogP contribution is 2.25. The second-order valence-electron chi connectivity index (χ2n) is 7.90. The van der Waals surface area contributed by atoms with Crippen LogP contribution >= 0.6 is 23.2 Å². The lowest BCUT2D eigenvalue weighted by atomic mass is 10.0. The number of rotatable bonds is 7. The van der Waals surface area contributed by atoms with Gasteiger partial charge in [0.1, 0.15) is 6.04 Å². The molecule has 7 nitrogen and oxygen atoms in total.